The van der Waals surface area contributed by atoms with Crippen molar-refractivity contribution >= 4 is 18.0 Å². The predicted molar refractivity (Wildman–Crippen MR) is 130 cm³/mol. The SMILES string of the molecule is CN(C)CCC(NC(=O)OCC1c2ccccc2-c2ccccc21)C(=O)NCC(C)(C)C(=O)O. The van der Waals surface area contributed by atoms with Crippen LogP contribution in [0.15, 0.2) is 48.5 Å². The van der Waals surface area contributed by atoms with E-state index in [1.54, 1.807) is 0 Å². The van der Waals surface area contributed by atoms with Crippen LogP contribution in [0.4, 0.5) is 4.79 Å². The summed E-state index contributed by atoms with van der Waals surface area (Å²) in [5.74, 6) is -1.53. The number of amides is 2. The van der Waals surface area contributed by atoms with E-state index in [2.05, 4.69) is 22.8 Å². The Morgan fingerprint density at radius 3 is 2.12 bits per heavy atom. The van der Waals surface area contributed by atoms with Crippen LogP contribution in [0.5, 0.6) is 0 Å². The van der Waals surface area contributed by atoms with Crippen molar-refractivity contribution in [3.63, 3.8) is 0 Å². The fourth-order valence-electron chi connectivity index (χ4n) is 3.95. The van der Waals surface area contributed by atoms with Gasteiger partial charge in [0.15, 0.2) is 0 Å². The van der Waals surface area contributed by atoms with E-state index in [0.29, 0.717) is 13.0 Å². The Morgan fingerprint density at radius 1 is 1.03 bits per heavy atom. The average Bonchev–Trinajstić information content (AvgIpc) is 3.12. The molecule has 1 aliphatic carbocycles. The molecule has 1 unspecified atom stereocenters. The fraction of sp³-hybridized carbons (Fsp3) is 0.423. The van der Waals surface area contributed by atoms with Crippen molar-refractivity contribution in [1.82, 2.24) is 15.5 Å². The number of carboxylic acid groups (broad SMARTS) is 1. The summed E-state index contributed by atoms with van der Waals surface area (Å²) < 4.78 is 5.57. The first-order valence-corrected chi connectivity index (χ1v) is 11.4. The number of carboxylic acids is 1. The van der Waals surface area contributed by atoms with Crippen LogP contribution in [0.2, 0.25) is 0 Å². The van der Waals surface area contributed by atoms with Crippen LogP contribution in [-0.2, 0) is 14.3 Å². The number of hydrogen-bond acceptors (Lipinski definition) is 5. The number of nitrogens with one attached hydrogen (secondary N) is 2. The van der Waals surface area contributed by atoms with E-state index in [1.807, 2.05) is 55.4 Å². The third-order valence-corrected chi connectivity index (χ3v) is 6.10. The second kappa shape index (κ2) is 10.7. The zero-order valence-electron chi connectivity index (χ0n) is 20.1. The molecule has 0 bridgehead atoms. The van der Waals surface area contributed by atoms with Gasteiger partial charge in [-0.2, -0.15) is 0 Å². The van der Waals surface area contributed by atoms with Crippen LogP contribution < -0.4 is 10.6 Å². The highest BCUT2D eigenvalue weighted by molar-refractivity contribution is 5.86. The Labute approximate surface area is 200 Å². The number of nitrogens with zero attached hydrogens (tertiary/aromatic N) is 1. The van der Waals surface area contributed by atoms with Gasteiger partial charge >= 0.3 is 12.1 Å². The predicted octanol–water partition coefficient (Wildman–Crippen LogP) is 3.07. The van der Waals surface area contributed by atoms with Crippen LogP contribution >= 0.6 is 0 Å². The number of carbonyl (C=O) groups is 3. The first kappa shape index (κ1) is 25.2. The monoisotopic (exact) mass is 467 g/mol. The van der Waals surface area contributed by atoms with Gasteiger partial charge in [0.05, 0.1) is 5.41 Å². The third kappa shape index (κ3) is 5.94. The molecule has 0 spiro atoms. The Bertz CT molecular complexity index is 1000. The lowest BCUT2D eigenvalue weighted by molar-refractivity contribution is -0.146. The standard InChI is InChI=1S/C26H33N3O5/c1-26(2,24(31)32)16-27-23(30)22(13-14-29(3)4)28-25(33)34-15-21-19-11-7-5-9-17(19)18-10-6-8-12-20(18)21/h5-12,21-22H,13-16H2,1-4H3,(H,27,30)(H,28,33)(H,31,32). The molecule has 3 N–H and O–H groups in total. The van der Waals surface area contributed by atoms with Gasteiger partial charge in [-0.1, -0.05) is 48.5 Å². The first-order valence-electron chi connectivity index (χ1n) is 11.4. The van der Waals surface area contributed by atoms with E-state index in [1.165, 1.54) is 13.8 Å². The van der Waals surface area contributed by atoms with E-state index < -0.39 is 29.4 Å². The maximum Gasteiger partial charge on any atom is 0.407 e. The quantitative estimate of drug-likeness (QED) is 0.496. The summed E-state index contributed by atoms with van der Waals surface area (Å²) in [6.45, 7) is 3.72. The Morgan fingerprint density at radius 2 is 1.59 bits per heavy atom. The number of carbonyl (C=O) groups excluding carboxylic acids is 2. The van der Waals surface area contributed by atoms with Gasteiger partial charge in [0, 0.05) is 12.5 Å². The molecule has 1 atom stereocenters. The summed E-state index contributed by atoms with van der Waals surface area (Å²) in [4.78, 5) is 38.7. The van der Waals surface area contributed by atoms with Crippen LogP contribution in [0.25, 0.3) is 11.1 Å². The van der Waals surface area contributed by atoms with Crippen LogP contribution in [0.1, 0.15) is 37.3 Å². The van der Waals surface area contributed by atoms with Crippen molar-refractivity contribution in [2.45, 2.75) is 32.2 Å². The van der Waals surface area contributed by atoms with Crippen molar-refractivity contribution in [3.8, 4) is 11.1 Å². The van der Waals surface area contributed by atoms with Crippen molar-refractivity contribution in [2.24, 2.45) is 5.41 Å². The van der Waals surface area contributed by atoms with Gasteiger partial charge in [-0.05, 0) is 63.2 Å². The summed E-state index contributed by atoms with van der Waals surface area (Å²) >= 11 is 0. The molecule has 0 saturated carbocycles. The summed E-state index contributed by atoms with van der Waals surface area (Å²) in [5.41, 5.74) is 3.36. The topological polar surface area (TPSA) is 108 Å². The van der Waals surface area contributed by atoms with Crippen molar-refractivity contribution in [3.05, 3.63) is 59.7 Å². The average molecular weight is 468 g/mol. The lowest BCUT2D eigenvalue weighted by atomic mass is 9.94. The zero-order chi connectivity index (χ0) is 24.9. The molecule has 0 fully saturated rings. The molecule has 34 heavy (non-hydrogen) atoms. The highest BCUT2D eigenvalue weighted by atomic mass is 16.5. The molecular weight excluding hydrogens is 434 g/mol. The van der Waals surface area contributed by atoms with Crippen molar-refractivity contribution < 1.29 is 24.2 Å². The van der Waals surface area contributed by atoms with Gasteiger partial charge in [0.25, 0.3) is 0 Å². The number of fused-ring (bicyclic) bond motifs is 3. The molecule has 2 aromatic carbocycles. The Kier molecular flexibility index (Phi) is 7.94. The van der Waals surface area contributed by atoms with Crippen LogP contribution in [-0.4, -0.2) is 67.8 Å². The highest BCUT2D eigenvalue weighted by Gasteiger charge is 2.31. The summed E-state index contributed by atoms with van der Waals surface area (Å²) in [5, 5.41) is 14.6. The van der Waals surface area contributed by atoms with Gasteiger partial charge in [-0.25, -0.2) is 4.79 Å². The molecule has 2 amide bonds. The van der Waals surface area contributed by atoms with Crippen LogP contribution in [0.3, 0.4) is 0 Å². The molecule has 0 saturated heterocycles. The molecule has 0 aliphatic heterocycles. The number of hydrogen-bond donors (Lipinski definition) is 3. The highest BCUT2D eigenvalue weighted by Crippen LogP contribution is 2.44. The molecule has 8 heteroatoms. The van der Waals surface area contributed by atoms with Crippen molar-refractivity contribution in [2.75, 3.05) is 33.8 Å². The molecular formula is C26H33N3O5. The second-order valence-electron chi connectivity index (χ2n) is 9.52. The Hall–Kier alpha value is -3.39. The minimum atomic E-state index is -1.12. The van der Waals surface area contributed by atoms with Gasteiger partial charge in [-0.15, -0.1) is 0 Å². The summed E-state index contributed by atoms with van der Waals surface area (Å²) in [6, 6.07) is 15.3. The van der Waals surface area contributed by atoms with E-state index in [4.69, 9.17) is 4.74 Å². The first-order chi connectivity index (χ1) is 16.1. The number of rotatable bonds is 10. The number of ether oxygens (including phenoxy) is 1. The minimum absolute atomic E-state index is 0.0496. The molecule has 2 aromatic rings. The van der Waals surface area contributed by atoms with Gasteiger partial charge in [0.2, 0.25) is 5.91 Å². The number of alkyl carbamates (subject to hydrolysis) is 1. The fourth-order valence-corrected chi connectivity index (χ4v) is 3.95. The molecule has 3 rings (SSSR count). The van der Waals surface area contributed by atoms with E-state index in [-0.39, 0.29) is 19.1 Å². The number of aliphatic carboxylic acids is 1. The zero-order valence-corrected chi connectivity index (χ0v) is 20.1. The van der Waals surface area contributed by atoms with E-state index in [0.717, 1.165) is 22.3 Å². The maximum absolute atomic E-state index is 12.8. The smallest absolute Gasteiger partial charge is 0.407 e. The molecule has 8 nitrogen and oxygen atoms in total. The van der Waals surface area contributed by atoms with Gasteiger partial charge < -0.3 is 25.4 Å². The Balaban J connectivity index is 1.64. The van der Waals surface area contributed by atoms with Crippen molar-refractivity contribution in [1.29, 1.82) is 0 Å². The molecule has 1 aliphatic rings. The molecule has 0 aromatic heterocycles. The summed E-state index contributed by atoms with van der Waals surface area (Å²) in [6.07, 6.45) is -0.324. The maximum atomic E-state index is 12.8. The third-order valence-electron chi connectivity index (χ3n) is 6.10. The normalized spacial score (nSPS) is 13.7. The molecule has 0 radical (unpaired) electrons. The molecule has 182 valence electrons. The van der Waals surface area contributed by atoms with E-state index in [9.17, 15) is 19.5 Å². The van der Waals surface area contributed by atoms with Gasteiger partial charge in [-0.3, -0.25) is 9.59 Å². The van der Waals surface area contributed by atoms with Crippen LogP contribution in [0, 0.1) is 5.41 Å². The minimum Gasteiger partial charge on any atom is -0.481 e. The summed E-state index contributed by atoms with van der Waals surface area (Å²) in [7, 11) is 3.74. The molecule has 0 heterocycles. The van der Waals surface area contributed by atoms with Gasteiger partial charge in [0.1, 0.15) is 12.6 Å². The lowest BCUT2D eigenvalue weighted by Crippen LogP contribution is -2.50. The van der Waals surface area contributed by atoms with E-state index >= 15 is 0 Å². The second-order valence-corrected chi connectivity index (χ2v) is 9.52. The number of benzene rings is 2. The largest absolute Gasteiger partial charge is 0.481 e. The lowest BCUT2D eigenvalue weighted by Gasteiger charge is -2.24.